The highest BCUT2D eigenvalue weighted by Gasteiger charge is 2.66. The molecule has 4 aliphatic carbocycles. The van der Waals surface area contributed by atoms with Crippen molar-refractivity contribution in [1.82, 2.24) is 0 Å². The highest BCUT2D eigenvalue weighted by atomic mass is 32.2. The third kappa shape index (κ3) is 1.30. The summed E-state index contributed by atoms with van der Waals surface area (Å²) in [7, 11) is 0. The zero-order valence-corrected chi connectivity index (χ0v) is 13.7. The van der Waals surface area contributed by atoms with E-state index in [1.54, 1.807) is 15.4 Å². The van der Waals surface area contributed by atoms with Gasteiger partial charge < -0.3 is 0 Å². The number of hydrogen-bond acceptors (Lipinski definition) is 4. The third-order valence-electron chi connectivity index (χ3n) is 4.99. The molecule has 6 rings (SSSR count). The van der Waals surface area contributed by atoms with E-state index in [4.69, 9.17) is 0 Å². The molecule has 1 aromatic rings. The van der Waals surface area contributed by atoms with Crippen LogP contribution in [0.2, 0.25) is 0 Å². The van der Waals surface area contributed by atoms with Crippen molar-refractivity contribution in [3.63, 3.8) is 0 Å². The Morgan fingerprint density at radius 1 is 1.11 bits per heavy atom. The van der Waals surface area contributed by atoms with E-state index in [0.29, 0.717) is 11.3 Å². The predicted octanol–water partition coefficient (Wildman–Crippen LogP) is 5.27. The molecule has 1 aliphatic heterocycles. The van der Waals surface area contributed by atoms with Crippen molar-refractivity contribution in [3.05, 3.63) is 33.6 Å². The minimum Gasteiger partial charge on any atom is -0.142 e. The summed E-state index contributed by atoms with van der Waals surface area (Å²) in [6.45, 7) is 2.40. The molecule has 19 heavy (non-hydrogen) atoms. The van der Waals surface area contributed by atoms with Gasteiger partial charge in [0.15, 0.2) is 0 Å². The summed E-state index contributed by atoms with van der Waals surface area (Å²) in [6.07, 6.45) is 3.89. The van der Waals surface area contributed by atoms with Crippen LogP contribution in [0.5, 0.6) is 0 Å². The Balaban J connectivity index is 1.64. The second-order valence-electron chi connectivity index (χ2n) is 5.84. The Morgan fingerprint density at radius 3 is 2.37 bits per heavy atom. The van der Waals surface area contributed by atoms with Crippen molar-refractivity contribution < 1.29 is 0 Å². The van der Waals surface area contributed by atoms with Gasteiger partial charge in [-0.25, -0.2) is 0 Å². The molecule has 0 aromatic heterocycles. The van der Waals surface area contributed by atoms with Gasteiger partial charge in [0.25, 0.3) is 0 Å². The van der Waals surface area contributed by atoms with Gasteiger partial charge >= 0.3 is 0 Å². The normalized spacial score (nSPS) is 36.9. The Labute approximate surface area is 132 Å². The van der Waals surface area contributed by atoms with Gasteiger partial charge in [0.1, 0.15) is 0 Å². The maximum absolute atomic E-state index is 4.50. The van der Waals surface area contributed by atoms with Crippen LogP contribution in [0, 0.1) is 17.3 Å². The summed E-state index contributed by atoms with van der Waals surface area (Å²) < 4.78 is 0. The van der Waals surface area contributed by atoms with Crippen LogP contribution in [-0.4, -0.2) is 0 Å². The standard InChI is InChI=1S/C15H12S4/c1-6-13-14(7-4-15(6)5-8(7)15)19-12-3-10(17)9(16)2-11(12)18-13/h2-3,5-7,16-17H,4H2,1H3. The highest BCUT2D eigenvalue weighted by molar-refractivity contribution is 8.09. The number of thioether (sulfide) groups is 2. The van der Waals surface area contributed by atoms with E-state index in [-0.39, 0.29) is 0 Å². The average molecular weight is 321 g/mol. The van der Waals surface area contributed by atoms with Crippen molar-refractivity contribution >= 4 is 48.8 Å². The molecule has 1 fully saturated rings. The summed E-state index contributed by atoms with van der Waals surface area (Å²) in [5.74, 6) is 1.43. The van der Waals surface area contributed by atoms with Crippen LogP contribution in [0.1, 0.15) is 13.3 Å². The number of benzene rings is 1. The lowest BCUT2D eigenvalue weighted by Gasteiger charge is -2.49. The number of rotatable bonds is 0. The lowest BCUT2D eigenvalue weighted by molar-refractivity contribution is 0.250. The second kappa shape index (κ2) is 3.46. The van der Waals surface area contributed by atoms with Crippen LogP contribution in [0.25, 0.3) is 0 Å². The van der Waals surface area contributed by atoms with Crippen LogP contribution in [0.4, 0.5) is 0 Å². The molecule has 3 unspecified atom stereocenters. The van der Waals surface area contributed by atoms with E-state index < -0.39 is 0 Å². The Morgan fingerprint density at radius 2 is 1.74 bits per heavy atom. The van der Waals surface area contributed by atoms with E-state index in [9.17, 15) is 0 Å². The molecule has 3 atom stereocenters. The fourth-order valence-corrected chi connectivity index (χ4v) is 7.23. The molecule has 2 bridgehead atoms. The topological polar surface area (TPSA) is 0 Å². The molecule has 96 valence electrons. The maximum Gasteiger partial charge on any atom is 0.0270 e. The minimum atomic E-state index is 0.516. The first-order chi connectivity index (χ1) is 9.10. The molecule has 1 heterocycles. The first kappa shape index (κ1) is 11.7. The molecule has 0 amide bonds. The lowest BCUT2D eigenvalue weighted by atomic mass is 9.62. The Kier molecular flexibility index (Phi) is 2.14. The molecule has 0 N–H and O–H groups in total. The smallest absolute Gasteiger partial charge is 0.0270 e. The summed E-state index contributed by atoms with van der Waals surface area (Å²) in [4.78, 5) is 7.92. The van der Waals surface area contributed by atoms with Gasteiger partial charge in [-0.2, -0.15) is 0 Å². The second-order valence-corrected chi connectivity index (χ2v) is 8.97. The van der Waals surface area contributed by atoms with E-state index in [1.165, 1.54) is 16.2 Å². The zero-order chi connectivity index (χ0) is 12.9. The third-order valence-corrected chi connectivity index (χ3v) is 8.80. The SMILES string of the molecule is CC1C2=C(Sc3cc(S)c(S)cc3S2)C2CC13C=C23. The quantitative estimate of drug-likeness (QED) is 0.494. The largest absolute Gasteiger partial charge is 0.142 e. The lowest BCUT2D eigenvalue weighted by Crippen LogP contribution is -2.38. The van der Waals surface area contributed by atoms with E-state index >= 15 is 0 Å². The zero-order valence-electron chi connectivity index (χ0n) is 10.3. The fourth-order valence-electron chi connectivity index (χ4n) is 3.76. The minimum absolute atomic E-state index is 0.516. The molecule has 0 saturated heterocycles. The van der Waals surface area contributed by atoms with Gasteiger partial charge in [-0.15, -0.1) is 25.3 Å². The van der Waals surface area contributed by atoms with Crippen molar-refractivity contribution in [2.24, 2.45) is 17.3 Å². The van der Waals surface area contributed by atoms with E-state index in [0.717, 1.165) is 15.7 Å². The molecular weight excluding hydrogens is 308 g/mol. The van der Waals surface area contributed by atoms with Gasteiger partial charge in [0, 0.05) is 46.6 Å². The molecular formula is C15H12S4. The Bertz CT molecular complexity index is 715. The highest BCUT2D eigenvalue weighted by Crippen LogP contribution is 2.78. The Hall–Kier alpha value is 0.1000. The van der Waals surface area contributed by atoms with Crippen LogP contribution in [0.15, 0.2) is 53.2 Å². The van der Waals surface area contributed by atoms with Crippen LogP contribution >= 0.6 is 48.8 Å². The molecule has 0 radical (unpaired) electrons. The first-order valence-corrected chi connectivity index (χ1v) is 9.02. The van der Waals surface area contributed by atoms with Gasteiger partial charge in [-0.05, 0) is 18.6 Å². The van der Waals surface area contributed by atoms with Crippen molar-refractivity contribution in [2.45, 2.75) is 32.9 Å². The van der Waals surface area contributed by atoms with E-state index in [2.05, 4.69) is 50.4 Å². The van der Waals surface area contributed by atoms with Gasteiger partial charge in [-0.1, -0.05) is 42.1 Å². The number of hydrogen-bond donors (Lipinski definition) is 2. The van der Waals surface area contributed by atoms with Gasteiger partial charge in [-0.3, -0.25) is 0 Å². The summed E-state index contributed by atoms with van der Waals surface area (Å²) >= 11 is 12.9. The molecule has 1 saturated carbocycles. The fraction of sp³-hybridized carbons (Fsp3) is 0.333. The summed E-state index contributed by atoms with van der Waals surface area (Å²) in [5, 5.41) is 0. The molecule has 5 aliphatic rings. The van der Waals surface area contributed by atoms with Crippen molar-refractivity contribution in [1.29, 1.82) is 0 Å². The van der Waals surface area contributed by atoms with Crippen molar-refractivity contribution in [2.75, 3.05) is 0 Å². The monoisotopic (exact) mass is 320 g/mol. The maximum atomic E-state index is 4.50. The van der Waals surface area contributed by atoms with E-state index in [1.807, 2.05) is 23.5 Å². The predicted molar refractivity (Wildman–Crippen MR) is 87.5 cm³/mol. The molecule has 4 heteroatoms. The molecule has 1 spiro atoms. The van der Waals surface area contributed by atoms with Crippen LogP contribution < -0.4 is 0 Å². The van der Waals surface area contributed by atoms with Crippen LogP contribution in [0.3, 0.4) is 0 Å². The number of fused-ring (bicyclic) bond motifs is 1. The average Bonchev–Trinajstić information content (AvgIpc) is 2.96. The summed E-state index contributed by atoms with van der Waals surface area (Å²) in [6, 6.07) is 4.35. The van der Waals surface area contributed by atoms with Crippen LogP contribution in [-0.2, 0) is 0 Å². The number of allylic oxidation sites excluding steroid dienone is 4. The van der Waals surface area contributed by atoms with Gasteiger partial charge in [0.05, 0.1) is 0 Å². The van der Waals surface area contributed by atoms with Gasteiger partial charge in [0.2, 0.25) is 0 Å². The summed E-state index contributed by atoms with van der Waals surface area (Å²) in [5.41, 5.74) is 2.24. The molecule has 1 aromatic carbocycles. The first-order valence-electron chi connectivity index (χ1n) is 6.49. The number of thiol groups is 2. The van der Waals surface area contributed by atoms with Crippen molar-refractivity contribution in [3.8, 4) is 0 Å². The molecule has 0 nitrogen and oxygen atoms in total.